The number of likely N-dealkylation sites (N-methyl/N-ethyl adjacent to an activating group) is 1. The van der Waals surface area contributed by atoms with Crippen LogP contribution in [0.25, 0.3) is 21.9 Å². The molecule has 0 bridgehead atoms. The van der Waals surface area contributed by atoms with E-state index in [1.807, 2.05) is 81.7 Å². The molecule has 2 aromatic heterocycles. The van der Waals surface area contributed by atoms with Crippen LogP contribution in [0, 0.1) is 6.92 Å². The number of hydrogen-bond donors (Lipinski definition) is 2. The smallest absolute Gasteiger partial charge is 0.251 e. The maximum absolute atomic E-state index is 12.9. The number of nitrogen functional groups attached to an aromatic ring is 1. The average Bonchev–Trinajstić information content (AvgIpc) is 3.32. The Labute approximate surface area is 241 Å². The van der Waals surface area contributed by atoms with Gasteiger partial charge in [-0.25, -0.2) is 9.97 Å². The second-order valence-electron chi connectivity index (χ2n) is 10.6. The van der Waals surface area contributed by atoms with E-state index in [4.69, 9.17) is 10.5 Å². The molecule has 2 heterocycles. The second-order valence-corrected chi connectivity index (χ2v) is 10.6. The Bertz CT molecular complexity index is 1610. The number of rotatable bonds is 12. The zero-order chi connectivity index (χ0) is 28.8. The SMILES string of the molecule is Cc1nc2c(N)nc3ccccc3c2n1CCCCNC(=O)c1ccc(C(OCCN(C)C)c2ccccc2)cc1. The van der Waals surface area contributed by atoms with Crippen LogP contribution in [-0.2, 0) is 11.3 Å². The molecule has 0 saturated carbocycles. The number of nitrogens with two attached hydrogens (primary N) is 1. The van der Waals surface area contributed by atoms with Gasteiger partial charge >= 0.3 is 0 Å². The molecule has 0 aliphatic rings. The summed E-state index contributed by atoms with van der Waals surface area (Å²) in [6, 6.07) is 25.9. The van der Waals surface area contributed by atoms with E-state index < -0.39 is 0 Å². The fourth-order valence-corrected chi connectivity index (χ4v) is 5.12. The summed E-state index contributed by atoms with van der Waals surface area (Å²) in [5.41, 5.74) is 11.6. The van der Waals surface area contributed by atoms with Crippen LogP contribution in [0.1, 0.15) is 46.3 Å². The van der Waals surface area contributed by atoms with Crippen molar-refractivity contribution < 1.29 is 9.53 Å². The summed E-state index contributed by atoms with van der Waals surface area (Å²) in [5, 5.41) is 4.11. The van der Waals surface area contributed by atoms with Crippen LogP contribution in [0.5, 0.6) is 0 Å². The Hall–Kier alpha value is -4.27. The Morgan fingerprint density at radius 2 is 1.66 bits per heavy atom. The lowest BCUT2D eigenvalue weighted by Crippen LogP contribution is -2.24. The number of imidazole rings is 1. The first-order valence-corrected chi connectivity index (χ1v) is 14.1. The maximum atomic E-state index is 12.9. The predicted molar refractivity (Wildman–Crippen MR) is 165 cm³/mol. The molecule has 8 heteroatoms. The standard InChI is InChI=1S/C33H38N6O2/c1-23-36-29-30(27-13-7-8-14-28(27)37-32(29)34)39(23)20-10-9-19-35-33(40)26-17-15-25(16-18-26)31(41-22-21-38(2)3)24-11-5-4-6-12-24/h4-8,11-18,31H,9-10,19-22H2,1-3H3,(H2,34,37)(H,35,40). The highest BCUT2D eigenvalue weighted by Gasteiger charge is 2.17. The highest BCUT2D eigenvalue weighted by atomic mass is 16.5. The molecule has 41 heavy (non-hydrogen) atoms. The van der Waals surface area contributed by atoms with E-state index in [1.165, 1.54) is 0 Å². The molecule has 0 aliphatic heterocycles. The molecule has 0 spiro atoms. The summed E-state index contributed by atoms with van der Waals surface area (Å²) in [5.74, 6) is 1.29. The molecule has 8 nitrogen and oxygen atoms in total. The van der Waals surface area contributed by atoms with Gasteiger partial charge in [-0.05, 0) is 63.2 Å². The Balaban J connectivity index is 1.17. The minimum Gasteiger partial charge on any atom is -0.382 e. The summed E-state index contributed by atoms with van der Waals surface area (Å²) >= 11 is 0. The summed E-state index contributed by atoms with van der Waals surface area (Å²) in [7, 11) is 4.07. The van der Waals surface area contributed by atoms with Gasteiger partial charge in [-0.15, -0.1) is 0 Å². The van der Waals surface area contributed by atoms with Crippen molar-refractivity contribution in [3.63, 3.8) is 0 Å². The highest BCUT2D eigenvalue weighted by Crippen LogP contribution is 2.29. The number of benzene rings is 3. The highest BCUT2D eigenvalue weighted by molar-refractivity contribution is 6.06. The van der Waals surface area contributed by atoms with Gasteiger partial charge in [0.05, 0.1) is 17.6 Å². The average molecular weight is 551 g/mol. The molecular formula is C33H38N6O2. The van der Waals surface area contributed by atoms with Crippen LogP contribution in [0.3, 0.4) is 0 Å². The summed E-state index contributed by atoms with van der Waals surface area (Å²) in [6.45, 7) is 4.83. The van der Waals surface area contributed by atoms with Gasteiger partial charge in [-0.3, -0.25) is 4.79 Å². The topological polar surface area (TPSA) is 98.3 Å². The lowest BCUT2D eigenvalue weighted by molar-refractivity contribution is 0.0687. The largest absolute Gasteiger partial charge is 0.382 e. The minimum absolute atomic E-state index is 0.0737. The van der Waals surface area contributed by atoms with Gasteiger partial charge in [0.2, 0.25) is 0 Å². The number of carbonyl (C=O) groups excluding carboxylic acids is 1. The van der Waals surface area contributed by atoms with Crippen molar-refractivity contribution in [1.82, 2.24) is 24.8 Å². The van der Waals surface area contributed by atoms with E-state index in [-0.39, 0.29) is 12.0 Å². The first-order valence-electron chi connectivity index (χ1n) is 14.1. The summed E-state index contributed by atoms with van der Waals surface area (Å²) < 4.78 is 8.46. The first kappa shape index (κ1) is 28.3. The number of hydrogen-bond acceptors (Lipinski definition) is 6. The van der Waals surface area contributed by atoms with Crippen molar-refractivity contribution in [2.24, 2.45) is 0 Å². The molecule has 5 aromatic rings. The van der Waals surface area contributed by atoms with E-state index in [0.29, 0.717) is 24.5 Å². The Morgan fingerprint density at radius 3 is 2.41 bits per heavy atom. The lowest BCUT2D eigenvalue weighted by atomic mass is 10.00. The maximum Gasteiger partial charge on any atom is 0.251 e. The Kier molecular flexibility index (Phi) is 8.91. The van der Waals surface area contributed by atoms with Crippen LogP contribution in [-0.4, -0.2) is 59.1 Å². The number of nitrogens with zero attached hydrogens (tertiary/aromatic N) is 4. The van der Waals surface area contributed by atoms with E-state index in [0.717, 1.165) is 64.8 Å². The molecule has 0 saturated heterocycles. The number of para-hydroxylation sites is 1. The van der Waals surface area contributed by atoms with Crippen LogP contribution < -0.4 is 11.1 Å². The zero-order valence-corrected chi connectivity index (χ0v) is 24.0. The second kappa shape index (κ2) is 12.9. The number of nitrogens with one attached hydrogen (secondary N) is 1. The number of fused-ring (bicyclic) bond motifs is 3. The molecule has 0 aliphatic carbocycles. The van der Waals surface area contributed by atoms with Gasteiger partial charge in [0.25, 0.3) is 5.91 Å². The monoisotopic (exact) mass is 550 g/mol. The molecule has 1 amide bonds. The molecular weight excluding hydrogens is 512 g/mol. The van der Waals surface area contributed by atoms with Gasteiger partial charge in [0.1, 0.15) is 17.4 Å². The van der Waals surface area contributed by atoms with Crippen molar-refractivity contribution in [3.05, 3.63) is 101 Å². The molecule has 3 aromatic carbocycles. The number of carbonyl (C=O) groups is 1. The van der Waals surface area contributed by atoms with Crippen molar-refractivity contribution in [2.75, 3.05) is 39.5 Å². The molecule has 3 N–H and O–H groups in total. The van der Waals surface area contributed by atoms with E-state index in [2.05, 4.69) is 43.0 Å². The predicted octanol–water partition coefficient (Wildman–Crippen LogP) is 5.35. The quantitative estimate of drug-likeness (QED) is 0.203. The van der Waals surface area contributed by atoms with Gasteiger partial charge in [-0.1, -0.05) is 60.7 Å². The normalized spacial score (nSPS) is 12.3. The van der Waals surface area contributed by atoms with Crippen molar-refractivity contribution in [2.45, 2.75) is 32.4 Å². The number of pyridine rings is 1. The van der Waals surface area contributed by atoms with Crippen LogP contribution in [0.2, 0.25) is 0 Å². The first-order chi connectivity index (χ1) is 19.9. The number of ether oxygens (including phenoxy) is 1. The minimum atomic E-state index is -0.181. The molecule has 212 valence electrons. The number of aromatic nitrogens is 3. The van der Waals surface area contributed by atoms with Gasteiger partial charge in [-0.2, -0.15) is 0 Å². The number of amides is 1. The third-order valence-electron chi connectivity index (χ3n) is 7.30. The third-order valence-corrected chi connectivity index (χ3v) is 7.30. The number of anilines is 1. The van der Waals surface area contributed by atoms with E-state index >= 15 is 0 Å². The van der Waals surface area contributed by atoms with Gasteiger partial charge in [0, 0.05) is 30.6 Å². The molecule has 1 unspecified atom stereocenters. The van der Waals surface area contributed by atoms with Crippen molar-refractivity contribution >= 4 is 33.7 Å². The number of aryl methyl sites for hydroxylation is 2. The van der Waals surface area contributed by atoms with Crippen molar-refractivity contribution in [1.29, 1.82) is 0 Å². The molecule has 1 atom stereocenters. The molecule has 0 fully saturated rings. The van der Waals surface area contributed by atoms with Crippen LogP contribution in [0.15, 0.2) is 78.9 Å². The van der Waals surface area contributed by atoms with Gasteiger partial charge < -0.3 is 25.3 Å². The summed E-state index contributed by atoms with van der Waals surface area (Å²) in [4.78, 5) is 24.2. The molecule has 5 rings (SSSR count). The summed E-state index contributed by atoms with van der Waals surface area (Å²) in [6.07, 6.45) is 1.56. The zero-order valence-electron chi connectivity index (χ0n) is 24.0. The third kappa shape index (κ3) is 6.56. The van der Waals surface area contributed by atoms with Gasteiger partial charge in [0.15, 0.2) is 5.82 Å². The number of unbranched alkanes of at least 4 members (excludes halogenated alkanes) is 1. The van der Waals surface area contributed by atoms with E-state index in [9.17, 15) is 4.79 Å². The van der Waals surface area contributed by atoms with Crippen LogP contribution >= 0.6 is 0 Å². The molecule has 0 radical (unpaired) electrons. The Morgan fingerprint density at radius 1 is 0.951 bits per heavy atom. The van der Waals surface area contributed by atoms with Crippen LogP contribution in [0.4, 0.5) is 5.82 Å². The fourth-order valence-electron chi connectivity index (χ4n) is 5.12. The van der Waals surface area contributed by atoms with E-state index in [1.54, 1.807) is 0 Å². The fraction of sp³-hybridized carbons (Fsp3) is 0.303. The van der Waals surface area contributed by atoms with Crippen molar-refractivity contribution in [3.8, 4) is 0 Å². The lowest BCUT2D eigenvalue weighted by Gasteiger charge is -2.20.